The van der Waals surface area contributed by atoms with E-state index < -0.39 is 0 Å². The number of halogens is 1. The Bertz CT molecular complexity index is 602. The molecule has 0 fully saturated rings. The lowest BCUT2D eigenvalue weighted by molar-refractivity contribution is 0.252. The number of benzene rings is 1. The maximum atomic E-state index is 11.7. The highest BCUT2D eigenvalue weighted by Gasteiger charge is 2.03. The molecule has 110 valence electrons. The predicted molar refractivity (Wildman–Crippen MR) is 83.0 cm³/mol. The van der Waals surface area contributed by atoms with Crippen molar-refractivity contribution in [1.29, 1.82) is 0 Å². The zero-order chi connectivity index (χ0) is 15.1. The molecular formula is C15H16ClN3O2. The lowest BCUT2D eigenvalue weighted by atomic mass is 10.1. The van der Waals surface area contributed by atoms with Gasteiger partial charge in [0.25, 0.3) is 0 Å². The molecule has 1 aromatic heterocycles. The van der Waals surface area contributed by atoms with E-state index in [1.807, 2.05) is 24.3 Å². The molecule has 2 N–H and O–H groups in total. The average molecular weight is 306 g/mol. The summed E-state index contributed by atoms with van der Waals surface area (Å²) in [6, 6.07) is 10.7. The van der Waals surface area contributed by atoms with Gasteiger partial charge >= 0.3 is 6.03 Å². The molecule has 0 bridgehead atoms. The van der Waals surface area contributed by atoms with Gasteiger partial charge in [-0.15, -0.1) is 0 Å². The molecule has 0 radical (unpaired) electrons. The van der Waals surface area contributed by atoms with Gasteiger partial charge in [0.15, 0.2) is 0 Å². The van der Waals surface area contributed by atoms with Crippen molar-refractivity contribution in [1.82, 2.24) is 10.3 Å². The van der Waals surface area contributed by atoms with E-state index in [0.29, 0.717) is 17.4 Å². The monoisotopic (exact) mass is 305 g/mol. The Hall–Kier alpha value is -2.27. The third kappa shape index (κ3) is 4.96. The van der Waals surface area contributed by atoms with Crippen LogP contribution in [0, 0.1) is 0 Å². The van der Waals surface area contributed by atoms with Gasteiger partial charge in [0.1, 0.15) is 11.6 Å². The van der Waals surface area contributed by atoms with E-state index >= 15 is 0 Å². The third-order valence-corrected chi connectivity index (χ3v) is 3.06. The molecule has 0 saturated heterocycles. The number of hydrogen-bond donors (Lipinski definition) is 2. The summed E-state index contributed by atoms with van der Waals surface area (Å²) < 4.78 is 5.09. The minimum atomic E-state index is -0.307. The average Bonchev–Trinajstić information content (AvgIpc) is 2.48. The van der Waals surface area contributed by atoms with Crippen LogP contribution in [-0.4, -0.2) is 24.7 Å². The highest BCUT2D eigenvalue weighted by molar-refractivity contribution is 6.30. The number of anilines is 1. The van der Waals surface area contributed by atoms with E-state index in [2.05, 4.69) is 15.6 Å². The number of aromatic nitrogens is 1. The minimum Gasteiger partial charge on any atom is -0.497 e. The van der Waals surface area contributed by atoms with Gasteiger partial charge in [-0.3, -0.25) is 5.32 Å². The number of nitrogens with zero attached hydrogens (tertiary/aromatic N) is 1. The summed E-state index contributed by atoms with van der Waals surface area (Å²) in [5, 5.41) is 5.91. The van der Waals surface area contributed by atoms with Crippen LogP contribution in [0.2, 0.25) is 5.02 Å². The molecule has 21 heavy (non-hydrogen) atoms. The quantitative estimate of drug-likeness (QED) is 0.892. The van der Waals surface area contributed by atoms with Crippen molar-refractivity contribution in [3.05, 3.63) is 53.2 Å². The van der Waals surface area contributed by atoms with Gasteiger partial charge in [0.2, 0.25) is 0 Å². The SMILES string of the molecule is COc1ccc(CCNC(=O)Nc2cc(Cl)ccn2)cc1. The first-order chi connectivity index (χ1) is 10.2. The fourth-order valence-electron chi connectivity index (χ4n) is 1.75. The first kappa shape index (κ1) is 15.1. The van der Waals surface area contributed by atoms with Crippen LogP contribution in [0.1, 0.15) is 5.56 Å². The summed E-state index contributed by atoms with van der Waals surface area (Å²) in [6.45, 7) is 0.527. The summed E-state index contributed by atoms with van der Waals surface area (Å²) in [7, 11) is 1.63. The number of ether oxygens (including phenoxy) is 1. The van der Waals surface area contributed by atoms with Gasteiger partial charge in [0, 0.05) is 17.8 Å². The Balaban J connectivity index is 1.76. The molecule has 0 aliphatic carbocycles. The molecule has 2 rings (SSSR count). The number of methoxy groups -OCH3 is 1. The Kier molecular flexibility index (Phi) is 5.40. The maximum absolute atomic E-state index is 11.7. The van der Waals surface area contributed by atoms with Crippen molar-refractivity contribution < 1.29 is 9.53 Å². The fourth-order valence-corrected chi connectivity index (χ4v) is 1.91. The zero-order valence-corrected chi connectivity index (χ0v) is 12.4. The number of hydrogen-bond acceptors (Lipinski definition) is 3. The number of urea groups is 1. The van der Waals surface area contributed by atoms with Crippen molar-refractivity contribution in [3.8, 4) is 5.75 Å². The number of carbonyl (C=O) groups is 1. The van der Waals surface area contributed by atoms with Crippen LogP contribution in [-0.2, 0) is 6.42 Å². The van der Waals surface area contributed by atoms with Gasteiger partial charge in [-0.05, 0) is 36.2 Å². The van der Waals surface area contributed by atoms with Gasteiger partial charge in [-0.25, -0.2) is 9.78 Å². The minimum absolute atomic E-state index is 0.307. The number of rotatable bonds is 5. The molecule has 1 heterocycles. The first-order valence-electron chi connectivity index (χ1n) is 6.47. The molecule has 6 heteroatoms. The molecular weight excluding hydrogens is 290 g/mol. The van der Waals surface area contributed by atoms with Crippen molar-refractivity contribution in [2.75, 3.05) is 19.0 Å². The first-order valence-corrected chi connectivity index (χ1v) is 6.84. The fraction of sp³-hybridized carbons (Fsp3) is 0.200. The number of amides is 2. The number of nitrogens with one attached hydrogen (secondary N) is 2. The Morgan fingerprint density at radius 2 is 2.05 bits per heavy atom. The molecule has 0 unspecified atom stereocenters. The molecule has 0 aliphatic rings. The van der Waals surface area contributed by atoms with Crippen molar-refractivity contribution in [2.45, 2.75) is 6.42 Å². The number of carbonyl (C=O) groups excluding carboxylic acids is 1. The molecule has 5 nitrogen and oxygen atoms in total. The lowest BCUT2D eigenvalue weighted by Crippen LogP contribution is -2.30. The van der Waals surface area contributed by atoms with Crippen molar-refractivity contribution in [3.63, 3.8) is 0 Å². The normalized spacial score (nSPS) is 10.0. The zero-order valence-electron chi connectivity index (χ0n) is 11.6. The molecule has 0 saturated carbocycles. The lowest BCUT2D eigenvalue weighted by Gasteiger charge is -2.07. The van der Waals surface area contributed by atoms with Crippen LogP contribution < -0.4 is 15.4 Å². The van der Waals surface area contributed by atoms with Gasteiger partial charge in [-0.1, -0.05) is 23.7 Å². The van der Waals surface area contributed by atoms with E-state index in [4.69, 9.17) is 16.3 Å². The van der Waals surface area contributed by atoms with Crippen molar-refractivity contribution in [2.24, 2.45) is 0 Å². The van der Waals surface area contributed by atoms with E-state index in [9.17, 15) is 4.79 Å². The molecule has 0 atom stereocenters. The van der Waals surface area contributed by atoms with Crippen molar-refractivity contribution >= 4 is 23.4 Å². The molecule has 2 aromatic rings. The topological polar surface area (TPSA) is 63.2 Å². The van der Waals surface area contributed by atoms with E-state index in [-0.39, 0.29) is 6.03 Å². The summed E-state index contributed by atoms with van der Waals surface area (Å²) in [5.74, 6) is 1.24. The molecule has 1 aromatic carbocycles. The van der Waals surface area contributed by atoms with Gasteiger partial charge in [-0.2, -0.15) is 0 Å². The van der Waals surface area contributed by atoms with E-state index in [0.717, 1.165) is 17.7 Å². The van der Waals surface area contributed by atoms with Crippen LogP contribution in [0.5, 0.6) is 5.75 Å². The summed E-state index contributed by atoms with van der Waals surface area (Å²) in [5.41, 5.74) is 1.12. The van der Waals surface area contributed by atoms with Crippen LogP contribution in [0.4, 0.5) is 10.6 Å². The largest absolute Gasteiger partial charge is 0.497 e. The van der Waals surface area contributed by atoms with E-state index in [1.165, 1.54) is 6.20 Å². The smallest absolute Gasteiger partial charge is 0.320 e. The van der Waals surface area contributed by atoms with Crippen LogP contribution in [0.15, 0.2) is 42.6 Å². The van der Waals surface area contributed by atoms with Crippen LogP contribution in [0.25, 0.3) is 0 Å². The van der Waals surface area contributed by atoms with Crippen LogP contribution >= 0.6 is 11.6 Å². The summed E-state index contributed by atoms with van der Waals surface area (Å²) >= 11 is 5.82. The highest BCUT2D eigenvalue weighted by Crippen LogP contribution is 2.12. The maximum Gasteiger partial charge on any atom is 0.320 e. The Morgan fingerprint density at radius 3 is 2.71 bits per heavy atom. The van der Waals surface area contributed by atoms with Crippen LogP contribution in [0.3, 0.4) is 0 Å². The highest BCUT2D eigenvalue weighted by atomic mass is 35.5. The summed E-state index contributed by atoms with van der Waals surface area (Å²) in [6.07, 6.45) is 2.27. The Morgan fingerprint density at radius 1 is 1.29 bits per heavy atom. The summed E-state index contributed by atoms with van der Waals surface area (Å²) in [4.78, 5) is 15.7. The third-order valence-electron chi connectivity index (χ3n) is 2.82. The van der Waals surface area contributed by atoms with Gasteiger partial charge in [0.05, 0.1) is 7.11 Å². The second-order valence-electron chi connectivity index (χ2n) is 4.34. The standard InChI is InChI=1S/C15H16ClN3O2/c1-21-13-4-2-11(3-5-13)6-8-18-15(20)19-14-10-12(16)7-9-17-14/h2-5,7,9-10H,6,8H2,1H3,(H2,17,18,19,20). The second kappa shape index (κ2) is 7.50. The van der Waals surface area contributed by atoms with Gasteiger partial charge < -0.3 is 10.1 Å². The molecule has 2 amide bonds. The Labute approximate surface area is 128 Å². The molecule has 0 aliphatic heterocycles. The second-order valence-corrected chi connectivity index (χ2v) is 4.77. The molecule has 0 spiro atoms. The van der Waals surface area contributed by atoms with E-state index in [1.54, 1.807) is 19.2 Å². The predicted octanol–water partition coefficient (Wildman–Crippen LogP) is 3.11. The number of pyridine rings is 1.